The highest BCUT2D eigenvalue weighted by atomic mass is 16.5. The molecule has 6 nitrogen and oxygen atoms in total. The van der Waals surface area contributed by atoms with Gasteiger partial charge in [0.15, 0.2) is 6.10 Å². The van der Waals surface area contributed by atoms with Crippen LogP contribution in [-0.2, 0) is 4.79 Å². The summed E-state index contributed by atoms with van der Waals surface area (Å²) < 4.78 is 17.0. The summed E-state index contributed by atoms with van der Waals surface area (Å²) in [7, 11) is 0. The third-order valence-corrected chi connectivity index (χ3v) is 4.81. The van der Waals surface area contributed by atoms with Gasteiger partial charge in [-0.05, 0) is 55.7 Å². The maximum Gasteiger partial charge on any atom is 0.345 e. The third kappa shape index (κ3) is 4.26. The lowest BCUT2D eigenvalue weighted by molar-refractivity contribution is -0.147. The Morgan fingerprint density at radius 3 is 2.45 bits per heavy atom. The van der Waals surface area contributed by atoms with Crippen LogP contribution in [0.4, 0.5) is 0 Å². The van der Waals surface area contributed by atoms with Crippen LogP contribution < -0.4 is 14.9 Å². The molecular formula is C23H24O6. The molecule has 0 aliphatic carbocycles. The molecule has 2 aromatic carbocycles. The number of hydrogen-bond acceptors (Lipinski definition) is 5. The summed E-state index contributed by atoms with van der Waals surface area (Å²) in [6.45, 7) is 9.41. The minimum atomic E-state index is -1.05. The van der Waals surface area contributed by atoms with Gasteiger partial charge in [-0.3, -0.25) is 4.79 Å². The van der Waals surface area contributed by atoms with Crippen molar-refractivity contribution in [2.75, 3.05) is 0 Å². The number of aryl methyl sites for hydroxylation is 2. The largest absolute Gasteiger partial charge is 0.478 e. The lowest BCUT2D eigenvalue weighted by Crippen LogP contribution is -2.32. The van der Waals surface area contributed by atoms with E-state index >= 15 is 0 Å². The van der Waals surface area contributed by atoms with E-state index in [2.05, 4.69) is 0 Å². The summed E-state index contributed by atoms with van der Waals surface area (Å²) in [5.41, 5.74) is 3.05. The average molecular weight is 396 g/mol. The highest BCUT2D eigenvalue weighted by Crippen LogP contribution is 2.29. The van der Waals surface area contributed by atoms with Crippen molar-refractivity contribution in [2.24, 2.45) is 5.92 Å². The Kier molecular flexibility index (Phi) is 5.64. The second kappa shape index (κ2) is 7.99. The molecule has 1 aromatic heterocycles. The maximum absolute atomic E-state index is 12.8. The van der Waals surface area contributed by atoms with Crippen LogP contribution >= 0.6 is 0 Å². The fourth-order valence-corrected chi connectivity index (χ4v) is 3.08. The topological polar surface area (TPSA) is 86.0 Å². The highest BCUT2D eigenvalue weighted by molar-refractivity contribution is 5.79. The number of hydrogen-bond donors (Lipinski definition) is 1. The zero-order valence-electron chi connectivity index (χ0n) is 17.1. The molecule has 0 aliphatic heterocycles. The predicted octanol–water partition coefficient (Wildman–Crippen LogP) is 5.00. The van der Waals surface area contributed by atoms with E-state index in [-0.39, 0.29) is 17.1 Å². The van der Waals surface area contributed by atoms with E-state index in [1.165, 1.54) is 12.3 Å². The number of rotatable bonds is 6. The van der Waals surface area contributed by atoms with Crippen molar-refractivity contribution in [3.63, 3.8) is 0 Å². The van der Waals surface area contributed by atoms with Crippen molar-refractivity contribution in [3.8, 4) is 17.2 Å². The van der Waals surface area contributed by atoms with Crippen LogP contribution in [0, 0.1) is 26.7 Å². The molecule has 29 heavy (non-hydrogen) atoms. The quantitative estimate of drug-likeness (QED) is 0.631. The molecule has 0 fully saturated rings. The Labute approximate surface area is 168 Å². The van der Waals surface area contributed by atoms with E-state index < -0.39 is 12.1 Å². The van der Waals surface area contributed by atoms with Crippen LogP contribution in [0.3, 0.4) is 0 Å². The number of aliphatic carboxylic acids is 1. The average Bonchev–Trinajstić information content (AvgIpc) is 2.65. The zero-order valence-corrected chi connectivity index (χ0v) is 17.1. The molecule has 0 aliphatic rings. The van der Waals surface area contributed by atoms with Gasteiger partial charge in [0.2, 0.25) is 11.2 Å². The number of benzene rings is 2. The van der Waals surface area contributed by atoms with E-state index in [9.17, 15) is 14.7 Å². The first-order valence-electron chi connectivity index (χ1n) is 9.38. The number of carbonyl (C=O) groups is 1. The molecule has 0 spiro atoms. The Morgan fingerprint density at radius 2 is 1.79 bits per heavy atom. The normalized spacial score (nSPS) is 12.2. The molecule has 0 bridgehead atoms. The fourth-order valence-electron chi connectivity index (χ4n) is 3.08. The molecule has 1 atom stereocenters. The number of fused-ring (bicyclic) bond motifs is 1. The lowest BCUT2D eigenvalue weighted by Gasteiger charge is -2.18. The molecule has 1 N–H and O–H groups in total. The summed E-state index contributed by atoms with van der Waals surface area (Å²) in [6, 6.07) is 8.55. The van der Waals surface area contributed by atoms with E-state index in [0.29, 0.717) is 22.5 Å². The molecule has 3 rings (SSSR count). The second-order valence-electron chi connectivity index (χ2n) is 7.51. The van der Waals surface area contributed by atoms with E-state index in [1.807, 2.05) is 32.9 Å². The van der Waals surface area contributed by atoms with Gasteiger partial charge >= 0.3 is 5.97 Å². The molecule has 6 heteroatoms. The Bertz CT molecular complexity index is 1130. The molecule has 152 valence electrons. The lowest BCUT2D eigenvalue weighted by atomic mass is 10.1. The van der Waals surface area contributed by atoms with Crippen LogP contribution in [-0.4, -0.2) is 17.2 Å². The maximum atomic E-state index is 12.8. The van der Waals surface area contributed by atoms with Crippen LogP contribution in [0.5, 0.6) is 17.2 Å². The molecule has 1 heterocycles. The first kappa shape index (κ1) is 20.5. The standard InChI is InChI=1S/C23H24O6/c1-12(2)22(23(25)26)28-16-6-7-17-19(10-16)27-11-20(21(17)24)29-18-9-13(3)8-14(4)15(18)5/h6-12,22H,1-5H3,(H,25,26). The first-order chi connectivity index (χ1) is 13.7. The number of ether oxygens (including phenoxy) is 2. The summed E-state index contributed by atoms with van der Waals surface area (Å²) in [6.07, 6.45) is 0.275. The Balaban J connectivity index is 1.95. The van der Waals surface area contributed by atoms with Crippen LogP contribution in [0.2, 0.25) is 0 Å². The van der Waals surface area contributed by atoms with Gasteiger partial charge in [-0.1, -0.05) is 19.9 Å². The second-order valence-corrected chi connectivity index (χ2v) is 7.51. The smallest absolute Gasteiger partial charge is 0.345 e. The van der Waals surface area contributed by atoms with Gasteiger partial charge in [-0.25, -0.2) is 4.79 Å². The van der Waals surface area contributed by atoms with E-state index in [4.69, 9.17) is 13.9 Å². The van der Waals surface area contributed by atoms with Gasteiger partial charge in [-0.2, -0.15) is 0 Å². The minimum absolute atomic E-state index is 0.0878. The van der Waals surface area contributed by atoms with Crippen molar-refractivity contribution in [3.05, 3.63) is 63.5 Å². The van der Waals surface area contributed by atoms with E-state index in [0.717, 1.165) is 16.7 Å². The van der Waals surface area contributed by atoms with Gasteiger partial charge in [0, 0.05) is 12.0 Å². The minimum Gasteiger partial charge on any atom is -0.478 e. The van der Waals surface area contributed by atoms with E-state index in [1.54, 1.807) is 26.0 Å². The van der Waals surface area contributed by atoms with Crippen molar-refractivity contribution in [1.82, 2.24) is 0 Å². The summed E-state index contributed by atoms with van der Waals surface area (Å²) >= 11 is 0. The van der Waals surface area contributed by atoms with Gasteiger partial charge in [0.05, 0.1) is 5.39 Å². The summed E-state index contributed by atoms with van der Waals surface area (Å²) in [5.74, 6) is -0.248. The Hall–Kier alpha value is -3.28. The third-order valence-electron chi connectivity index (χ3n) is 4.81. The molecule has 1 unspecified atom stereocenters. The number of carboxylic acids is 1. The van der Waals surface area contributed by atoms with Gasteiger partial charge in [0.25, 0.3) is 0 Å². The highest BCUT2D eigenvalue weighted by Gasteiger charge is 2.24. The SMILES string of the molecule is Cc1cc(C)c(C)c(Oc2coc3cc(OC(C(=O)O)C(C)C)ccc3c2=O)c1. The van der Waals surface area contributed by atoms with Crippen molar-refractivity contribution in [2.45, 2.75) is 40.7 Å². The fraction of sp³-hybridized carbons (Fsp3) is 0.304. The summed E-state index contributed by atoms with van der Waals surface area (Å²) in [5, 5.41) is 9.61. The zero-order chi connectivity index (χ0) is 21.3. The number of carboxylic acid groups (broad SMARTS) is 1. The molecular weight excluding hydrogens is 372 g/mol. The van der Waals surface area contributed by atoms with Crippen molar-refractivity contribution in [1.29, 1.82) is 0 Å². The monoisotopic (exact) mass is 396 g/mol. The molecule has 0 saturated heterocycles. The predicted molar refractivity (Wildman–Crippen MR) is 110 cm³/mol. The molecule has 0 radical (unpaired) electrons. The van der Waals surface area contributed by atoms with Crippen LogP contribution in [0.15, 0.2) is 45.8 Å². The molecule has 3 aromatic rings. The first-order valence-corrected chi connectivity index (χ1v) is 9.38. The van der Waals surface area contributed by atoms with Crippen LogP contribution in [0.25, 0.3) is 11.0 Å². The van der Waals surface area contributed by atoms with Gasteiger partial charge < -0.3 is 19.0 Å². The van der Waals surface area contributed by atoms with Crippen molar-refractivity contribution < 1.29 is 23.8 Å². The Morgan fingerprint density at radius 1 is 1.07 bits per heavy atom. The molecule has 0 saturated carbocycles. The van der Waals surface area contributed by atoms with Crippen LogP contribution in [0.1, 0.15) is 30.5 Å². The van der Waals surface area contributed by atoms with Crippen molar-refractivity contribution >= 4 is 16.9 Å². The molecule has 0 amide bonds. The summed E-state index contributed by atoms with van der Waals surface area (Å²) in [4.78, 5) is 24.2. The van der Waals surface area contributed by atoms with Gasteiger partial charge in [-0.15, -0.1) is 0 Å². The van der Waals surface area contributed by atoms with Gasteiger partial charge in [0.1, 0.15) is 23.3 Å².